The van der Waals surface area contributed by atoms with E-state index in [1.54, 1.807) is 4.90 Å². The average Bonchev–Trinajstić information content (AvgIpc) is 2.62. The molecule has 2 aliphatic heterocycles. The van der Waals surface area contributed by atoms with Crippen LogP contribution in [-0.2, 0) is 11.3 Å². The van der Waals surface area contributed by atoms with Crippen molar-refractivity contribution in [3.63, 3.8) is 0 Å². The van der Waals surface area contributed by atoms with Gasteiger partial charge in [-0.25, -0.2) is 4.79 Å². The predicted octanol–water partition coefficient (Wildman–Crippen LogP) is 2.40. The van der Waals surface area contributed by atoms with E-state index in [0.717, 1.165) is 32.5 Å². The van der Waals surface area contributed by atoms with Crippen molar-refractivity contribution in [3.8, 4) is 0 Å². The van der Waals surface area contributed by atoms with Gasteiger partial charge in [0, 0.05) is 32.2 Å². The number of hydrogen-bond acceptors (Lipinski definition) is 3. The van der Waals surface area contributed by atoms with Crippen molar-refractivity contribution in [2.45, 2.75) is 38.8 Å². The van der Waals surface area contributed by atoms with E-state index in [0.29, 0.717) is 19.5 Å². The van der Waals surface area contributed by atoms with Gasteiger partial charge in [0.05, 0.1) is 5.92 Å². The molecule has 1 aromatic carbocycles. The van der Waals surface area contributed by atoms with Gasteiger partial charge in [0.25, 0.3) is 0 Å². The Morgan fingerprint density at radius 2 is 1.96 bits per heavy atom. The van der Waals surface area contributed by atoms with Gasteiger partial charge in [0.2, 0.25) is 0 Å². The summed E-state index contributed by atoms with van der Waals surface area (Å²) in [6.45, 7) is 5.74. The first-order chi connectivity index (χ1) is 12.5. The molecule has 1 aromatic rings. The third-order valence-electron chi connectivity index (χ3n) is 5.38. The Balaban J connectivity index is 1.52. The molecule has 2 fully saturated rings. The summed E-state index contributed by atoms with van der Waals surface area (Å²) in [5.41, 5.74) is 1.29. The fourth-order valence-corrected chi connectivity index (χ4v) is 4.12. The van der Waals surface area contributed by atoms with E-state index in [2.05, 4.69) is 34.5 Å². The number of amides is 2. The van der Waals surface area contributed by atoms with Crippen LogP contribution in [-0.4, -0.2) is 59.1 Å². The average molecular weight is 359 g/mol. The van der Waals surface area contributed by atoms with Crippen LogP contribution in [0.4, 0.5) is 4.79 Å². The maximum atomic E-state index is 12.6. The number of carboxylic acid groups (broad SMARTS) is 1. The molecule has 2 heterocycles. The van der Waals surface area contributed by atoms with Gasteiger partial charge in [-0.2, -0.15) is 0 Å². The van der Waals surface area contributed by atoms with Crippen molar-refractivity contribution in [3.05, 3.63) is 35.9 Å². The molecule has 6 heteroatoms. The van der Waals surface area contributed by atoms with Crippen LogP contribution in [0.1, 0.15) is 31.7 Å². The maximum Gasteiger partial charge on any atom is 0.317 e. The molecule has 0 saturated carbocycles. The SMILES string of the molecule is CC1CC(C(=O)O)CN(C(=O)NC2CCCN(Cc3ccccc3)C2)C1. The number of urea groups is 1. The van der Waals surface area contributed by atoms with Gasteiger partial charge in [0.15, 0.2) is 0 Å². The normalized spacial score (nSPS) is 27.1. The maximum absolute atomic E-state index is 12.6. The molecule has 0 bridgehead atoms. The first-order valence-corrected chi connectivity index (χ1v) is 9.56. The second-order valence-corrected chi connectivity index (χ2v) is 7.79. The first-order valence-electron chi connectivity index (χ1n) is 9.56. The Hall–Kier alpha value is -2.08. The lowest BCUT2D eigenvalue weighted by Crippen LogP contribution is -2.54. The molecule has 26 heavy (non-hydrogen) atoms. The molecule has 6 nitrogen and oxygen atoms in total. The number of likely N-dealkylation sites (tertiary alicyclic amines) is 2. The summed E-state index contributed by atoms with van der Waals surface area (Å²) in [6, 6.07) is 10.4. The molecule has 2 aliphatic rings. The van der Waals surface area contributed by atoms with Gasteiger partial charge in [0.1, 0.15) is 0 Å². The Kier molecular flexibility index (Phi) is 6.14. The number of nitrogens with zero attached hydrogens (tertiary/aromatic N) is 2. The third-order valence-corrected chi connectivity index (χ3v) is 5.38. The summed E-state index contributed by atoms with van der Waals surface area (Å²) in [5, 5.41) is 12.4. The van der Waals surface area contributed by atoms with Gasteiger partial charge >= 0.3 is 12.0 Å². The molecule has 142 valence electrons. The summed E-state index contributed by atoms with van der Waals surface area (Å²) in [7, 11) is 0. The van der Waals surface area contributed by atoms with Gasteiger partial charge in [-0.15, -0.1) is 0 Å². The number of carboxylic acids is 1. The summed E-state index contributed by atoms with van der Waals surface area (Å²) >= 11 is 0. The topological polar surface area (TPSA) is 72.9 Å². The third kappa shape index (κ3) is 4.97. The van der Waals surface area contributed by atoms with Gasteiger partial charge in [-0.3, -0.25) is 9.69 Å². The summed E-state index contributed by atoms with van der Waals surface area (Å²) in [4.78, 5) is 28.0. The van der Waals surface area contributed by atoms with Crippen LogP contribution in [0.25, 0.3) is 0 Å². The van der Waals surface area contributed by atoms with Crippen molar-refractivity contribution >= 4 is 12.0 Å². The second kappa shape index (κ2) is 8.54. The highest BCUT2D eigenvalue weighted by molar-refractivity contribution is 5.77. The molecule has 2 N–H and O–H groups in total. The van der Waals surface area contributed by atoms with Crippen LogP contribution in [0.15, 0.2) is 30.3 Å². The highest BCUT2D eigenvalue weighted by Crippen LogP contribution is 2.22. The number of carbonyl (C=O) groups is 2. The molecule has 3 unspecified atom stereocenters. The molecule has 0 spiro atoms. The number of nitrogens with one attached hydrogen (secondary N) is 1. The molecule has 0 aliphatic carbocycles. The van der Waals surface area contributed by atoms with E-state index in [-0.39, 0.29) is 18.0 Å². The number of hydrogen-bond donors (Lipinski definition) is 2. The molecule has 3 rings (SSSR count). The van der Waals surface area contributed by atoms with Crippen LogP contribution in [0.2, 0.25) is 0 Å². The van der Waals surface area contributed by atoms with E-state index in [1.807, 2.05) is 13.0 Å². The molecular formula is C20H29N3O3. The van der Waals surface area contributed by atoms with Crippen molar-refractivity contribution in [2.75, 3.05) is 26.2 Å². The minimum Gasteiger partial charge on any atom is -0.481 e. The number of piperidine rings is 2. The van der Waals surface area contributed by atoms with Gasteiger partial charge in [-0.1, -0.05) is 37.3 Å². The van der Waals surface area contributed by atoms with E-state index in [1.165, 1.54) is 5.56 Å². The lowest BCUT2D eigenvalue weighted by molar-refractivity contribution is -0.143. The quantitative estimate of drug-likeness (QED) is 0.866. The number of carbonyl (C=O) groups excluding carboxylic acids is 1. The van der Waals surface area contributed by atoms with Gasteiger partial charge in [-0.05, 0) is 37.3 Å². The zero-order valence-corrected chi connectivity index (χ0v) is 15.4. The summed E-state index contributed by atoms with van der Waals surface area (Å²) in [5.74, 6) is -1.04. The molecule has 0 radical (unpaired) electrons. The van der Waals surface area contributed by atoms with Crippen LogP contribution in [0.3, 0.4) is 0 Å². The van der Waals surface area contributed by atoms with E-state index >= 15 is 0 Å². The second-order valence-electron chi connectivity index (χ2n) is 7.79. The van der Waals surface area contributed by atoms with Crippen molar-refractivity contribution in [1.29, 1.82) is 0 Å². The van der Waals surface area contributed by atoms with E-state index < -0.39 is 11.9 Å². The number of benzene rings is 1. The van der Waals surface area contributed by atoms with E-state index in [4.69, 9.17) is 0 Å². The van der Waals surface area contributed by atoms with Crippen LogP contribution in [0, 0.1) is 11.8 Å². The van der Waals surface area contributed by atoms with Crippen molar-refractivity contribution in [2.24, 2.45) is 11.8 Å². The molecule has 2 saturated heterocycles. The minimum atomic E-state index is -0.805. The fourth-order valence-electron chi connectivity index (χ4n) is 4.12. The summed E-state index contributed by atoms with van der Waals surface area (Å²) < 4.78 is 0. The zero-order chi connectivity index (χ0) is 18.5. The lowest BCUT2D eigenvalue weighted by atomic mass is 9.91. The Morgan fingerprint density at radius 3 is 2.69 bits per heavy atom. The van der Waals surface area contributed by atoms with Crippen molar-refractivity contribution in [1.82, 2.24) is 15.1 Å². The van der Waals surface area contributed by atoms with Crippen LogP contribution >= 0.6 is 0 Å². The highest BCUT2D eigenvalue weighted by atomic mass is 16.4. The van der Waals surface area contributed by atoms with Crippen molar-refractivity contribution < 1.29 is 14.7 Å². The minimum absolute atomic E-state index is 0.116. The molecule has 0 aromatic heterocycles. The summed E-state index contributed by atoms with van der Waals surface area (Å²) in [6.07, 6.45) is 2.68. The fraction of sp³-hybridized carbons (Fsp3) is 0.600. The lowest BCUT2D eigenvalue weighted by Gasteiger charge is -2.38. The predicted molar refractivity (Wildman–Crippen MR) is 99.8 cm³/mol. The molecule has 2 amide bonds. The Labute approximate surface area is 155 Å². The Morgan fingerprint density at radius 1 is 1.19 bits per heavy atom. The van der Waals surface area contributed by atoms with E-state index in [9.17, 15) is 14.7 Å². The Bertz CT molecular complexity index is 622. The van der Waals surface area contributed by atoms with Gasteiger partial charge < -0.3 is 15.3 Å². The number of rotatable bonds is 4. The van der Waals surface area contributed by atoms with Crippen LogP contribution < -0.4 is 5.32 Å². The molecule has 3 atom stereocenters. The smallest absolute Gasteiger partial charge is 0.317 e. The standard InChI is InChI=1S/C20H29N3O3/c1-15-10-17(19(24)25)13-23(11-15)20(26)21-18-8-5-9-22(14-18)12-16-6-3-2-4-7-16/h2-4,6-7,15,17-18H,5,8-14H2,1H3,(H,21,26)(H,24,25). The zero-order valence-electron chi connectivity index (χ0n) is 15.4. The number of aliphatic carboxylic acids is 1. The first kappa shape index (κ1) is 18.7. The van der Waals surface area contributed by atoms with Crippen LogP contribution in [0.5, 0.6) is 0 Å². The molecular weight excluding hydrogens is 330 g/mol. The highest BCUT2D eigenvalue weighted by Gasteiger charge is 2.33. The monoisotopic (exact) mass is 359 g/mol. The largest absolute Gasteiger partial charge is 0.481 e.